The number of anilines is 2. The maximum Gasteiger partial charge on any atom is 0.157 e. The number of rotatable bonds is 4. The molecule has 0 unspecified atom stereocenters. The van der Waals surface area contributed by atoms with E-state index in [0.29, 0.717) is 5.54 Å². The molecule has 5 heteroatoms. The van der Waals surface area contributed by atoms with Crippen molar-refractivity contribution in [1.82, 2.24) is 15.5 Å². The average Bonchev–Trinajstić information content (AvgIpc) is 3.25. The van der Waals surface area contributed by atoms with E-state index in [1.54, 1.807) is 0 Å². The highest BCUT2D eigenvalue weighted by molar-refractivity contribution is 5.95. The first-order valence-corrected chi connectivity index (χ1v) is 12.1. The van der Waals surface area contributed by atoms with E-state index >= 15 is 0 Å². The lowest BCUT2D eigenvalue weighted by molar-refractivity contribution is 0.297. The number of nitrogens with one attached hydrogen (secondary N) is 2. The molecule has 2 aliphatic rings. The molecule has 5 nitrogen and oxygen atoms in total. The maximum absolute atomic E-state index is 4.58. The Morgan fingerprint density at radius 3 is 2.56 bits per heavy atom. The zero-order valence-electron chi connectivity index (χ0n) is 19.8. The predicted molar refractivity (Wildman–Crippen MR) is 134 cm³/mol. The highest BCUT2D eigenvalue weighted by atomic mass is 15.2. The van der Waals surface area contributed by atoms with Crippen LogP contribution < -0.4 is 15.5 Å². The lowest BCUT2D eigenvalue weighted by atomic mass is 9.86. The molecule has 2 fully saturated rings. The summed E-state index contributed by atoms with van der Waals surface area (Å²) in [5.74, 6) is 0.867. The molecule has 5 rings (SSSR count). The van der Waals surface area contributed by atoms with Gasteiger partial charge < -0.3 is 15.5 Å². The largest absolute Gasteiger partial charge is 0.371 e. The van der Waals surface area contributed by atoms with Crippen LogP contribution in [0.3, 0.4) is 0 Å². The Bertz CT molecular complexity index is 1120. The molecule has 0 aliphatic carbocycles. The normalized spacial score (nSPS) is 18.9. The summed E-state index contributed by atoms with van der Waals surface area (Å²) in [4.78, 5) is 2.54. The van der Waals surface area contributed by atoms with E-state index in [1.165, 1.54) is 60.0 Å². The van der Waals surface area contributed by atoms with Gasteiger partial charge >= 0.3 is 0 Å². The zero-order valence-corrected chi connectivity index (χ0v) is 19.8. The van der Waals surface area contributed by atoms with E-state index in [1.807, 2.05) is 6.92 Å². The van der Waals surface area contributed by atoms with Gasteiger partial charge in [-0.1, -0.05) is 24.3 Å². The van der Waals surface area contributed by atoms with Gasteiger partial charge in [0.15, 0.2) is 5.82 Å². The van der Waals surface area contributed by atoms with Crippen molar-refractivity contribution >= 4 is 22.3 Å². The van der Waals surface area contributed by atoms with Gasteiger partial charge in [0.1, 0.15) is 0 Å². The van der Waals surface area contributed by atoms with E-state index in [0.717, 1.165) is 30.0 Å². The third-order valence-corrected chi connectivity index (χ3v) is 7.83. The highest BCUT2D eigenvalue weighted by Gasteiger charge is 2.36. The Morgan fingerprint density at radius 2 is 1.81 bits per heavy atom. The fourth-order valence-electron chi connectivity index (χ4n) is 5.59. The molecular formula is C27H35N5. The molecule has 0 bridgehead atoms. The van der Waals surface area contributed by atoms with E-state index in [9.17, 15) is 0 Å². The van der Waals surface area contributed by atoms with Gasteiger partial charge in [-0.2, -0.15) is 5.10 Å². The minimum Gasteiger partial charge on any atom is -0.371 e. The van der Waals surface area contributed by atoms with Gasteiger partial charge in [-0.15, -0.1) is 5.10 Å². The third-order valence-electron chi connectivity index (χ3n) is 7.83. The monoisotopic (exact) mass is 429 g/mol. The van der Waals surface area contributed by atoms with Crippen LogP contribution in [-0.2, 0) is 0 Å². The van der Waals surface area contributed by atoms with Crippen LogP contribution in [0.2, 0.25) is 0 Å². The van der Waals surface area contributed by atoms with Crippen LogP contribution in [0.15, 0.2) is 36.4 Å². The first kappa shape index (κ1) is 21.2. The first-order chi connectivity index (χ1) is 15.5. The summed E-state index contributed by atoms with van der Waals surface area (Å²) >= 11 is 0. The van der Waals surface area contributed by atoms with Crippen molar-refractivity contribution in [2.75, 3.05) is 29.9 Å². The van der Waals surface area contributed by atoms with Crippen molar-refractivity contribution in [2.24, 2.45) is 0 Å². The molecule has 32 heavy (non-hydrogen) atoms. The molecule has 1 atom stereocenters. The molecule has 2 aliphatic heterocycles. The van der Waals surface area contributed by atoms with Gasteiger partial charge in [0.05, 0.1) is 11.7 Å². The summed E-state index contributed by atoms with van der Waals surface area (Å²) in [6.07, 6.45) is 5.11. The van der Waals surface area contributed by atoms with Gasteiger partial charge in [0, 0.05) is 35.1 Å². The Hall–Kier alpha value is -2.66. The van der Waals surface area contributed by atoms with Crippen molar-refractivity contribution in [3.63, 3.8) is 0 Å². The summed E-state index contributed by atoms with van der Waals surface area (Å²) < 4.78 is 0. The molecule has 168 valence electrons. The number of hydrogen-bond acceptors (Lipinski definition) is 5. The van der Waals surface area contributed by atoms with Crippen molar-refractivity contribution in [3.8, 4) is 0 Å². The van der Waals surface area contributed by atoms with Crippen molar-refractivity contribution in [3.05, 3.63) is 58.8 Å². The molecule has 0 amide bonds. The van der Waals surface area contributed by atoms with E-state index in [4.69, 9.17) is 0 Å². The number of aromatic nitrogens is 2. The summed E-state index contributed by atoms with van der Waals surface area (Å²) in [5, 5.41) is 18.8. The van der Waals surface area contributed by atoms with Crippen molar-refractivity contribution in [1.29, 1.82) is 0 Å². The summed E-state index contributed by atoms with van der Waals surface area (Å²) in [6, 6.07) is 13.5. The molecule has 0 radical (unpaired) electrons. The topological polar surface area (TPSA) is 53.1 Å². The number of fused-ring (bicyclic) bond motifs is 1. The van der Waals surface area contributed by atoms with Crippen LogP contribution in [0.25, 0.3) is 10.8 Å². The highest BCUT2D eigenvalue weighted by Crippen LogP contribution is 2.35. The van der Waals surface area contributed by atoms with Gasteiger partial charge in [-0.3, -0.25) is 0 Å². The summed E-state index contributed by atoms with van der Waals surface area (Å²) in [5.41, 5.74) is 6.62. The predicted octanol–water partition coefficient (Wildman–Crippen LogP) is 5.45. The fraction of sp³-hybridized carbons (Fsp3) is 0.481. The number of nitrogens with zero attached hydrogens (tertiary/aromatic N) is 3. The Labute approximate surface area is 191 Å². The van der Waals surface area contributed by atoms with Gasteiger partial charge in [0.2, 0.25) is 0 Å². The van der Waals surface area contributed by atoms with Gasteiger partial charge in [0.25, 0.3) is 0 Å². The second kappa shape index (κ2) is 8.36. The molecular weight excluding hydrogens is 394 g/mol. The van der Waals surface area contributed by atoms with Crippen LogP contribution in [-0.4, -0.2) is 35.4 Å². The SMILES string of the molecule is Cc1cccc([C@@H](C)Nc2nnc(C)c3ccc(N4CCC5(CCCN5)CC4)cc23)c1C. The fourth-order valence-corrected chi connectivity index (χ4v) is 5.59. The summed E-state index contributed by atoms with van der Waals surface area (Å²) in [7, 11) is 0. The molecule has 3 aromatic rings. The van der Waals surface area contributed by atoms with Crippen molar-refractivity contribution in [2.45, 2.75) is 65.0 Å². The number of aryl methyl sites for hydroxylation is 2. The van der Waals surface area contributed by atoms with Crippen LogP contribution in [0.1, 0.15) is 61.0 Å². The first-order valence-electron chi connectivity index (χ1n) is 12.1. The van der Waals surface area contributed by atoms with Crippen molar-refractivity contribution < 1.29 is 0 Å². The molecule has 3 heterocycles. The van der Waals surface area contributed by atoms with Crippen LogP contribution >= 0.6 is 0 Å². The van der Waals surface area contributed by atoms with Crippen LogP contribution in [0, 0.1) is 20.8 Å². The lowest BCUT2D eigenvalue weighted by Gasteiger charge is -2.40. The van der Waals surface area contributed by atoms with Crippen LogP contribution in [0.5, 0.6) is 0 Å². The standard InChI is InChI=1S/C27H35N5/c1-18-7-5-8-23(19(18)2)20(3)29-26-25-17-22(9-10-24(25)21(4)30-31-26)32-15-12-27(13-16-32)11-6-14-28-27/h5,7-10,17,20,28H,6,11-16H2,1-4H3,(H,29,31)/t20-/m1/s1. The molecule has 2 aromatic carbocycles. The minimum absolute atomic E-state index is 0.155. The average molecular weight is 430 g/mol. The molecule has 2 N–H and O–H groups in total. The van der Waals surface area contributed by atoms with E-state index < -0.39 is 0 Å². The maximum atomic E-state index is 4.58. The Balaban J connectivity index is 1.43. The lowest BCUT2D eigenvalue weighted by Crippen LogP contribution is -2.50. The molecule has 0 saturated carbocycles. The zero-order chi connectivity index (χ0) is 22.3. The van der Waals surface area contributed by atoms with Gasteiger partial charge in [-0.25, -0.2) is 0 Å². The number of hydrogen-bond donors (Lipinski definition) is 2. The number of benzene rings is 2. The Morgan fingerprint density at radius 1 is 1.00 bits per heavy atom. The van der Waals surface area contributed by atoms with E-state index in [-0.39, 0.29) is 6.04 Å². The van der Waals surface area contributed by atoms with E-state index in [2.05, 4.69) is 82.9 Å². The molecule has 1 aromatic heterocycles. The molecule has 1 spiro atoms. The summed E-state index contributed by atoms with van der Waals surface area (Å²) in [6.45, 7) is 12.0. The molecule has 2 saturated heterocycles. The smallest absolute Gasteiger partial charge is 0.157 e. The Kier molecular flexibility index (Phi) is 5.54. The second-order valence-electron chi connectivity index (χ2n) is 9.82. The van der Waals surface area contributed by atoms with Gasteiger partial charge in [-0.05, 0) is 88.7 Å². The quantitative estimate of drug-likeness (QED) is 0.577. The third kappa shape index (κ3) is 3.83. The number of piperidine rings is 1. The van der Waals surface area contributed by atoms with Crippen LogP contribution in [0.4, 0.5) is 11.5 Å². The minimum atomic E-state index is 0.155. The second-order valence-corrected chi connectivity index (χ2v) is 9.82.